The van der Waals surface area contributed by atoms with Gasteiger partial charge in [0.2, 0.25) is 0 Å². The summed E-state index contributed by atoms with van der Waals surface area (Å²) in [4.78, 5) is 26.4. The molecule has 38 heavy (non-hydrogen) atoms. The fourth-order valence-electron chi connectivity index (χ4n) is 3.44. The minimum atomic E-state index is -3.03. The van der Waals surface area contributed by atoms with Crippen molar-refractivity contribution in [3.8, 4) is 17.6 Å². The van der Waals surface area contributed by atoms with Gasteiger partial charge in [0.25, 0.3) is 11.5 Å². The summed E-state index contributed by atoms with van der Waals surface area (Å²) in [5, 5.41) is 12.8. The van der Waals surface area contributed by atoms with Gasteiger partial charge in [0.05, 0.1) is 22.4 Å². The molecule has 8 nitrogen and oxygen atoms in total. The van der Waals surface area contributed by atoms with E-state index >= 15 is 0 Å². The Morgan fingerprint density at radius 1 is 1.26 bits per heavy atom. The number of nitriles is 1. The van der Waals surface area contributed by atoms with E-state index in [1.54, 1.807) is 24.3 Å². The third kappa shape index (κ3) is 7.19. The first kappa shape index (κ1) is 28.8. The molecule has 1 aromatic heterocycles. The van der Waals surface area contributed by atoms with Gasteiger partial charge >= 0.3 is 6.61 Å². The van der Waals surface area contributed by atoms with Crippen molar-refractivity contribution in [1.82, 2.24) is 4.57 Å². The monoisotopic (exact) mass is 563 g/mol. The first-order valence-corrected chi connectivity index (χ1v) is 12.6. The molecule has 3 aromatic rings. The van der Waals surface area contributed by atoms with E-state index in [2.05, 4.69) is 10.1 Å². The number of amides is 1. The molecule has 0 bridgehead atoms. The van der Waals surface area contributed by atoms with Crippen LogP contribution in [0.2, 0.25) is 5.02 Å². The molecule has 0 saturated heterocycles. The van der Waals surface area contributed by atoms with Crippen LogP contribution < -0.4 is 29.5 Å². The molecule has 1 amide bonds. The molecule has 0 aliphatic rings. The van der Waals surface area contributed by atoms with Crippen molar-refractivity contribution in [2.24, 2.45) is 0 Å². The van der Waals surface area contributed by atoms with Crippen molar-refractivity contribution in [2.75, 3.05) is 25.6 Å². The molecule has 0 radical (unpaired) electrons. The number of nitrogens with one attached hydrogen (secondary N) is 1. The van der Waals surface area contributed by atoms with Crippen LogP contribution in [0.5, 0.6) is 11.5 Å². The van der Waals surface area contributed by atoms with Gasteiger partial charge < -0.3 is 19.5 Å². The molecule has 3 rings (SSSR count). The molecule has 200 valence electrons. The maximum absolute atomic E-state index is 13.4. The summed E-state index contributed by atoms with van der Waals surface area (Å²) >= 11 is 7.09. The van der Waals surface area contributed by atoms with Gasteiger partial charge in [0.15, 0.2) is 17.1 Å². The Bertz CT molecular complexity index is 1510. The number of rotatable bonds is 11. The molecule has 0 spiro atoms. The predicted octanol–water partition coefficient (Wildman–Crippen LogP) is 3.74. The van der Waals surface area contributed by atoms with Gasteiger partial charge in [-0.05, 0) is 49.2 Å². The van der Waals surface area contributed by atoms with Crippen LogP contribution in [0.4, 0.5) is 14.5 Å². The zero-order chi connectivity index (χ0) is 27.7. The first-order chi connectivity index (χ1) is 18.3. The molecule has 12 heteroatoms. The van der Waals surface area contributed by atoms with Crippen LogP contribution >= 0.6 is 22.9 Å². The summed E-state index contributed by atoms with van der Waals surface area (Å²) in [6.45, 7) is -0.0875. The molecular weight excluding hydrogens is 540 g/mol. The van der Waals surface area contributed by atoms with Crippen LogP contribution in [-0.4, -0.2) is 37.4 Å². The number of thiazole rings is 1. The highest BCUT2D eigenvalue weighted by Crippen LogP contribution is 2.29. The van der Waals surface area contributed by atoms with Crippen LogP contribution in [0.15, 0.2) is 47.3 Å². The summed E-state index contributed by atoms with van der Waals surface area (Å²) in [6, 6.07) is 12.7. The van der Waals surface area contributed by atoms with Crippen LogP contribution in [0.25, 0.3) is 11.6 Å². The molecule has 0 fully saturated rings. The Morgan fingerprint density at radius 2 is 2.03 bits per heavy atom. The van der Waals surface area contributed by atoms with E-state index in [1.807, 2.05) is 13.0 Å². The number of nitrogens with zero attached hydrogens (tertiary/aromatic N) is 2. The fourth-order valence-corrected chi connectivity index (χ4v) is 4.75. The number of carbonyl (C=O) groups is 1. The Kier molecular flexibility index (Phi) is 10.4. The van der Waals surface area contributed by atoms with Crippen LogP contribution in [0, 0.1) is 11.3 Å². The minimum Gasteiger partial charge on any atom is -0.493 e. The van der Waals surface area contributed by atoms with Crippen molar-refractivity contribution < 1.29 is 27.8 Å². The van der Waals surface area contributed by atoms with Crippen molar-refractivity contribution in [2.45, 2.75) is 26.5 Å². The number of carbonyl (C=O) groups excluding carboxylic acids is 1. The lowest BCUT2D eigenvalue weighted by atomic mass is 10.2. The van der Waals surface area contributed by atoms with Crippen molar-refractivity contribution in [3.05, 3.63) is 72.6 Å². The molecule has 0 unspecified atom stereocenters. The van der Waals surface area contributed by atoms with Gasteiger partial charge in [-0.25, -0.2) is 0 Å². The lowest BCUT2D eigenvalue weighted by molar-refractivity contribution is -0.111. The Balaban J connectivity index is 2.13. The zero-order valence-corrected chi connectivity index (χ0v) is 22.1. The number of hydrogen-bond donors (Lipinski definition) is 1. The topological polar surface area (TPSA) is 103 Å². The van der Waals surface area contributed by atoms with Crippen LogP contribution in [-0.2, 0) is 16.1 Å². The molecule has 0 aliphatic carbocycles. The SMILES string of the molecule is CCOCCCn1c(=O)/c(=C/c2ccc(OC(F)F)c(OC)c2)s/c1=C(\C#N)C(=O)Nc1ccccc1Cl. The third-order valence-corrected chi connectivity index (χ3v) is 6.62. The maximum atomic E-state index is 13.4. The molecular formula is C26H24ClF2N3O5S. The third-order valence-electron chi connectivity index (χ3n) is 5.16. The van der Waals surface area contributed by atoms with Crippen LogP contribution in [0.1, 0.15) is 18.9 Å². The van der Waals surface area contributed by atoms with Crippen LogP contribution in [0.3, 0.4) is 0 Å². The summed E-state index contributed by atoms with van der Waals surface area (Å²) in [6.07, 6.45) is 1.99. The Morgan fingerprint density at radius 3 is 2.68 bits per heavy atom. The van der Waals surface area contributed by atoms with E-state index in [9.17, 15) is 23.6 Å². The summed E-state index contributed by atoms with van der Waals surface area (Å²) in [5.74, 6) is -0.824. The Labute approximate surface area is 225 Å². The van der Waals surface area contributed by atoms with E-state index in [4.69, 9.17) is 21.1 Å². The smallest absolute Gasteiger partial charge is 0.387 e. The average molecular weight is 564 g/mol. The molecule has 1 N–H and O–H groups in total. The lowest BCUT2D eigenvalue weighted by Gasteiger charge is -2.09. The largest absolute Gasteiger partial charge is 0.493 e. The fraction of sp³-hybridized carbons (Fsp3) is 0.269. The standard InChI is InChI=1S/C26H24ClF2N3O5S/c1-3-36-12-6-11-32-24(34)22(14-16-9-10-20(37-26(28)29)21(13-16)35-2)38-25(32)17(15-30)23(33)31-19-8-5-4-7-18(19)27/h4-5,7-10,13-14,26H,3,6,11-12H2,1-2H3,(H,31,33)/b22-14-,25-17+. The summed E-state index contributed by atoms with van der Waals surface area (Å²) in [5.41, 5.74) is 0.0977. The predicted molar refractivity (Wildman–Crippen MR) is 141 cm³/mol. The summed E-state index contributed by atoms with van der Waals surface area (Å²) in [7, 11) is 1.30. The highest BCUT2D eigenvalue weighted by Gasteiger charge is 2.17. The highest BCUT2D eigenvalue weighted by molar-refractivity contribution is 7.07. The Hall–Kier alpha value is -3.72. The van der Waals surface area contributed by atoms with Crippen molar-refractivity contribution in [1.29, 1.82) is 5.26 Å². The second-order valence-electron chi connectivity index (χ2n) is 7.63. The number of halogens is 3. The van der Waals surface area contributed by atoms with Gasteiger partial charge in [0.1, 0.15) is 10.7 Å². The van der Waals surface area contributed by atoms with E-state index in [1.165, 1.54) is 36.0 Å². The quantitative estimate of drug-likeness (QED) is 0.357. The number of methoxy groups -OCH3 is 1. The van der Waals surface area contributed by atoms with E-state index in [0.717, 1.165) is 11.3 Å². The number of aromatic nitrogens is 1. The second kappa shape index (κ2) is 13.7. The number of para-hydroxylation sites is 1. The van der Waals surface area contributed by atoms with Gasteiger partial charge in [0, 0.05) is 19.8 Å². The number of ether oxygens (including phenoxy) is 3. The van der Waals surface area contributed by atoms with Gasteiger partial charge in [-0.15, -0.1) is 11.3 Å². The van der Waals surface area contributed by atoms with E-state index < -0.39 is 18.1 Å². The number of anilines is 1. The van der Waals surface area contributed by atoms with E-state index in [0.29, 0.717) is 35.9 Å². The lowest BCUT2D eigenvalue weighted by Crippen LogP contribution is -2.34. The summed E-state index contributed by atoms with van der Waals surface area (Å²) < 4.78 is 42.0. The number of alkyl halides is 2. The minimum absolute atomic E-state index is 0.0521. The number of benzene rings is 2. The van der Waals surface area contributed by atoms with Gasteiger partial charge in [-0.2, -0.15) is 14.0 Å². The molecule has 0 saturated carbocycles. The first-order valence-electron chi connectivity index (χ1n) is 11.4. The van der Waals surface area contributed by atoms with E-state index in [-0.39, 0.29) is 32.8 Å². The molecule has 0 aliphatic heterocycles. The molecule has 1 heterocycles. The zero-order valence-electron chi connectivity index (χ0n) is 20.5. The molecule has 0 atom stereocenters. The number of hydrogen-bond acceptors (Lipinski definition) is 7. The second-order valence-corrected chi connectivity index (χ2v) is 9.07. The normalized spacial score (nSPS) is 12.3. The van der Waals surface area contributed by atoms with Crippen molar-refractivity contribution >= 4 is 46.2 Å². The van der Waals surface area contributed by atoms with Gasteiger partial charge in [-0.3, -0.25) is 14.2 Å². The maximum Gasteiger partial charge on any atom is 0.387 e. The van der Waals surface area contributed by atoms with Crippen molar-refractivity contribution in [3.63, 3.8) is 0 Å². The average Bonchev–Trinajstić information content (AvgIpc) is 3.18. The van der Waals surface area contributed by atoms with Gasteiger partial charge in [-0.1, -0.05) is 29.8 Å². The highest BCUT2D eigenvalue weighted by atomic mass is 35.5. The molecule has 2 aromatic carbocycles.